The van der Waals surface area contributed by atoms with Crippen LogP contribution in [0.3, 0.4) is 0 Å². The number of nitrogen functional groups attached to an aromatic ring is 1. The summed E-state index contributed by atoms with van der Waals surface area (Å²) in [6.45, 7) is 0. The second-order valence-corrected chi connectivity index (χ2v) is 7.45. The van der Waals surface area contributed by atoms with Gasteiger partial charge in [-0.25, -0.2) is 0 Å². The van der Waals surface area contributed by atoms with Crippen molar-refractivity contribution in [3.05, 3.63) is 91.0 Å². The maximum atomic E-state index is 10.6. The lowest BCUT2D eigenvalue weighted by molar-refractivity contribution is 0.478. The second kappa shape index (κ2) is 7.46. The Morgan fingerprint density at radius 2 is 1.32 bits per heavy atom. The number of phenols is 2. The summed E-state index contributed by atoms with van der Waals surface area (Å²) in [5, 5.41) is 31.1. The van der Waals surface area contributed by atoms with Gasteiger partial charge >= 0.3 is 0 Å². The molecule has 31 heavy (non-hydrogen) atoms. The Morgan fingerprint density at radius 1 is 0.581 bits per heavy atom. The van der Waals surface area contributed by atoms with Crippen molar-refractivity contribution < 1.29 is 10.2 Å². The molecule has 0 aliphatic heterocycles. The van der Waals surface area contributed by atoms with Crippen LogP contribution < -0.4 is 16.4 Å². The number of anilines is 5. The first-order valence-electron chi connectivity index (χ1n) is 9.94. The predicted molar refractivity (Wildman–Crippen MR) is 129 cm³/mol. The highest BCUT2D eigenvalue weighted by atomic mass is 16.3. The van der Waals surface area contributed by atoms with Crippen molar-refractivity contribution in [2.45, 2.75) is 0 Å². The number of nitrogens with one attached hydrogen (secondary N) is 2. The lowest BCUT2D eigenvalue weighted by atomic mass is 10.1. The Labute approximate surface area is 179 Å². The number of aromatic hydroxyl groups is 2. The van der Waals surface area contributed by atoms with Crippen molar-refractivity contribution in [1.29, 1.82) is 0 Å². The molecule has 0 amide bonds. The van der Waals surface area contributed by atoms with Gasteiger partial charge in [-0.15, -0.1) is 0 Å². The van der Waals surface area contributed by atoms with Gasteiger partial charge in [0.25, 0.3) is 0 Å². The summed E-state index contributed by atoms with van der Waals surface area (Å²) in [5.74, 6) is 0.358. The maximum absolute atomic E-state index is 10.6. The standard InChI is InChI=1S/C26H21N3O2/c27-18-13-16-5-1-2-7-20(16)23(15-18)29-22-8-4-10-25(31)26(22)28-19-11-12-21-17(14-19)6-3-9-24(21)30/h1-15,28-31H,27H2. The van der Waals surface area contributed by atoms with Crippen molar-refractivity contribution in [3.8, 4) is 11.5 Å². The Bertz CT molecular complexity index is 1430. The molecule has 0 atom stereocenters. The molecule has 0 heterocycles. The van der Waals surface area contributed by atoms with Crippen molar-refractivity contribution in [1.82, 2.24) is 0 Å². The van der Waals surface area contributed by atoms with Crippen molar-refractivity contribution >= 4 is 50.0 Å². The molecule has 0 radical (unpaired) electrons. The number of phenolic OH excluding ortho intramolecular Hbond substituents is 2. The lowest BCUT2D eigenvalue weighted by Gasteiger charge is -2.17. The van der Waals surface area contributed by atoms with Crippen LogP contribution in [0.25, 0.3) is 21.5 Å². The highest BCUT2D eigenvalue weighted by Crippen LogP contribution is 2.39. The van der Waals surface area contributed by atoms with E-state index < -0.39 is 0 Å². The molecular formula is C26H21N3O2. The van der Waals surface area contributed by atoms with Crippen LogP contribution in [0.5, 0.6) is 11.5 Å². The molecule has 0 saturated heterocycles. The Kier molecular flexibility index (Phi) is 4.49. The van der Waals surface area contributed by atoms with Gasteiger partial charge in [-0.1, -0.05) is 42.5 Å². The van der Waals surface area contributed by atoms with E-state index in [0.717, 1.165) is 32.9 Å². The summed E-state index contributed by atoms with van der Waals surface area (Å²) >= 11 is 0. The van der Waals surface area contributed by atoms with Gasteiger partial charge in [0.1, 0.15) is 17.2 Å². The molecule has 0 aliphatic rings. The fourth-order valence-corrected chi connectivity index (χ4v) is 3.85. The van der Waals surface area contributed by atoms with E-state index in [2.05, 4.69) is 10.6 Å². The van der Waals surface area contributed by atoms with Gasteiger partial charge in [0.2, 0.25) is 0 Å². The molecule has 0 fully saturated rings. The van der Waals surface area contributed by atoms with Crippen LogP contribution in [0.4, 0.5) is 28.4 Å². The number of hydrogen-bond acceptors (Lipinski definition) is 5. The summed E-state index contributed by atoms with van der Waals surface area (Å²) in [6.07, 6.45) is 0. The molecule has 152 valence electrons. The van der Waals surface area contributed by atoms with Gasteiger partial charge < -0.3 is 26.6 Å². The molecule has 0 saturated carbocycles. The van der Waals surface area contributed by atoms with Crippen LogP contribution in [0.1, 0.15) is 0 Å². The summed E-state index contributed by atoms with van der Waals surface area (Å²) in [7, 11) is 0. The van der Waals surface area contributed by atoms with Gasteiger partial charge in [0, 0.05) is 27.8 Å². The zero-order valence-electron chi connectivity index (χ0n) is 16.6. The molecule has 5 heteroatoms. The van der Waals surface area contributed by atoms with Crippen LogP contribution in [-0.2, 0) is 0 Å². The Morgan fingerprint density at radius 3 is 2.23 bits per heavy atom. The highest BCUT2D eigenvalue weighted by molar-refractivity contribution is 5.99. The molecule has 5 nitrogen and oxygen atoms in total. The third-order valence-corrected chi connectivity index (χ3v) is 5.32. The van der Waals surface area contributed by atoms with Crippen molar-refractivity contribution in [2.24, 2.45) is 0 Å². The minimum atomic E-state index is 0.120. The number of fused-ring (bicyclic) bond motifs is 2. The summed E-state index contributed by atoms with van der Waals surface area (Å²) in [6, 6.07) is 28.2. The first-order chi connectivity index (χ1) is 15.1. The average Bonchev–Trinajstić information content (AvgIpc) is 2.76. The summed E-state index contributed by atoms with van der Waals surface area (Å²) in [5.41, 5.74) is 9.68. The fraction of sp³-hybridized carbons (Fsp3) is 0. The van der Waals surface area contributed by atoms with Gasteiger partial charge in [-0.2, -0.15) is 0 Å². The van der Waals surface area contributed by atoms with E-state index in [4.69, 9.17) is 5.73 Å². The maximum Gasteiger partial charge on any atom is 0.141 e. The van der Waals surface area contributed by atoms with E-state index in [1.807, 2.05) is 66.7 Å². The van der Waals surface area contributed by atoms with E-state index in [1.165, 1.54) is 0 Å². The van der Waals surface area contributed by atoms with Gasteiger partial charge in [-0.3, -0.25) is 0 Å². The van der Waals surface area contributed by atoms with Gasteiger partial charge in [0.05, 0.1) is 5.69 Å². The lowest BCUT2D eigenvalue weighted by Crippen LogP contribution is -1.99. The Balaban J connectivity index is 1.55. The molecule has 0 spiro atoms. The van der Waals surface area contributed by atoms with Gasteiger partial charge in [0.15, 0.2) is 0 Å². The molecule has 5 rings (SSSR count). The molecule has 5 aromatic rings. The Hall–Kier alpha value is -4.38. The molecule has 5 aromatic carbocycles. The number of hydrogen-bond donors (Lipinski definition) is 5. The van der Waals surface area contributed by atoms with Crippen LogP contribution in [0.2, 0.25) is 0 Å². The van der Waals surface area contributed by atoms with Crippen molar-refractivity contribution in [3.63, 3.8) is 0 Å². The quantitative estimate of drug-likeness (QED) is 0.174. The molecule has 0 aliphatic carbocycles. The number of para-hydroxylation sites is 1. The molecule has 0 aromatic heterocycles. The first kappa shape index (κ1) is 18.6. The molecular weight excluding hydrogens is 386 g/mol. The zero-order valence-corrected chi connectivity index (χ0v) is 16.6. The van der Waals surface area contributed by atoms with E-state index in [0.29, 0.717) is 17.1 Å². The van der Waals surface area contributed by atoms with Gasteiger partial charge in [-0.05, 0) is 59.3 Å². The highest BCUT2D eigenvalue weighted by Gasteiger charge is 2.11. The number of benzene rings is 5. The fourth-order valence-electron chi connectivity index (χ4n) is 3.85. The van der Waals surface area contributed by atoms with Crippen LogP contribution in [-0.4, -0.2) is 10.2 Å². The van der Waals surface area contributed by atoms with E-state index in [-0.39, 0.29) is 11.5 Å². The first-order valence-corrected chi connectivity index (χ1v) is 9.94. The zero-order chi connectivity index (χ0) is 21.4. The average molecular weight is 407 g/mol. The third kappa shape index (κ3) is 3.53. The second-order valence-electron chi connectivity index (χ2n) is 7.45. The van der Waals surface area contributed by atoms with E-state index >= 15 is 0 Å². The smallest absolute Gasteiger partial charge is 0.141 e. The molecule has 0 bridgehead atoms. The number of rotatable bonds is 4. The minimum absolute atomic E-state index is 0.120. The monoisotopic (exact) mass is 407 g/mol. The van der Waals surface area contributed by atoms with Crippen molar-refractivity contribution in [2.75, 3.05) is 16.4 Å². The largest absolute Gasteiger partial charge is 0.507 e. The van der Waals surface area contributed by atoms with E-state index in [1.54, 1.807) is 24.3 Å². The molecule has 6 N–H and O–H groups in total. The third-order valence-electron chi connectivity index (χ3n) is 5.32. The predicted octanol–water partition coefficient (Wildman–Crippen LogP) is 6.47. The van der Waals surface area contributed by atoms with E-state index in [9.17, 15) is 10.2 Å². The number of nitrogens with two attached hydrogens (primary N) is 1. The van der Waals surface area contributed by atoms with Crippen LogP contribution in [0, 0.1) is 0 Å². The normalized spacial score (nSPS) is 11.0. The minimum Gasteiger partial charge on any atom is -0.507 e. The van der Waals surface area contributed by atoms with Crippen LogP contribution >= 0.6 is 0 Å². The summed E-state index contributed by atoms with van der Waals surface area (Å²) < 4.78 is 0. The topological polar surface area (TPSA) is 90.5 Å². The summed E-state index contributed by atoms with van der Waals surface area (Å²) in [4.78, 5) is 0. The molecule has 0 unspecified atom stereocenters. The SMILES string of the molecule is Nc1cc(Nc2cccc(O)c2Nc2ccc3c(O)cccc3c2)c2ccccc2c1. The van der Waals surface area contributed by atoms with Crippen LogP contribution in [0.15, 0.2) is 91.0 Å².